The molecule has 1 rings (SSSR count). The van der Waals surface area contributed by atoms with Crippen molar-refractivity contribution in [2.24, 2.45) is 0 Å². The monoisotopic (exact) mass is 157 g/mol. The molecule has 0 aliphatic carbocycles. The van der Waals surface area contributed by atoms with E-state index in [-0.39, 0.29) is 6.04 Å². The van der Waals surface area contributed by atoms with Crippen molar-refractivity contribution in [2.45, 2.75) is 13.0 Å². The molecule has 0 fully saturated rings. The lowest BCUT2D eigenvalue weighted by atomic mass is 10.1. The van der Waals surface area contributed by atoms with Gasteiger partial charge in [-0.1, -0.05) is 36.4 Å². The topological polar surface area (TPSA) is 4.36 Å². The molecule has 0 saturated carbocycles. The Labute approximate surface area is 73.2 Å². The number of hydrogen-bond donors (Lipinski definition) is 0. The zero-order valence-corrected chi connectivity index (χ0v) is 7.12. The lowest BCUT2D eigenvalue weighted by molar-refractivity contribution is 1.08. The summed E-state index contributed by atoms with van der Waals surface area (Å²) in [6.45, 7) is 12.6. The molecular formula is C11H11N. The van der Waals surface area contributed by atoms with Crippen LogP contribution in [0.4, 0.5) is 0 Å². The van der Waals surface area contributed by atoms with Crippen LogP contribution in [0.15, 0.2) is 36.9 Å². The third kappa shape index (κ3) is 1.73. The van der Waals surface area contributed by atoms with Crippen LogP contribution in [0.1, 0.15) is 17.2 Å². The van der Waals surface area contributed by atoms with Crippen LogP contribution in [0.2, 0.25) is 0 Å². The summed E-state index contributed by atoms with van der Waals surface area (Å²) >= 11 is 0. The van der Waals surface area contributed by atoms with Crippen molar-refractivity contribution in [1.29, 1.82) is 0 Å². The molecule has 0 amide bonds. The molecule has 0 aliphatic rings. The maximum absolute atomic E-state index is 6.90. The van der Waals surface area contributed by atoms with Crippen molar-refractivity contribution in [1.82, 2.24) is 0 Å². The second-order valence-corrected chi connectivity index (χ2v) is 2.72. The van der Waals surface area contributed by atoms with Gasteiger partial charge in [0, 0.05) is 5.56 Å². The first-order chi connectivity index (χ1) is 5.77. The van der Waals surface area contributed by atoms with Gasteiger partial charge in [0.2, 0.25) is 0 Å². The Kier molecular flexibility index (Phi) is 2.66. The van der Waals surface area contributed by atoms with E-state index in [2.05, 4.69) is 11.4 Å². The number of aryl methyl sites for hydroxylation is 1. The first-order valence-electron chi connectivity index (χ1n) is 3.83. The van der Waals surface area contributed by atoms with Crippen LogP contribution in [0.25, 0.3) is 4.85 Å². The van der Waals surface area contributed by atoms with Gasteiger partial charge in [-0.25, -0.2) is 6.57 Å². The van der Waals surface area contributed by atoms with Crippen LogP contribution in [-0.4, -0.2) is 0 Å². The predicted molar refractivity (Wildman–Crippen MR) is 50.7 cm³/mol. The van der Waals surface area contributed by atoms with Crippen molar-refractivity contribution in [3.8, 4) is 0 Å². The summed E-state index contributed by atoms with van der Waals surface area (Å²) in [5, 5.41) is 0. The van der Waals surface area contributed by atoms with Crippen LogP contribution in [0.5, 0.6) is 0 Å². The van der Waals surface area contributed by atoms with Crippen LogP contribution in [-0.2, 0) is 0 Å². The molecule has 0 saturated heterocycles. The van der Waals surface area contributed by atoms with Gasteiger partial charge in [-0.05, 0) is 13.0 Å². The second kappa shape index (κ2) is 3.73. The molecule has 0 bridgehead atoms. The van der Waals surface area contributed by atoms with Gasteiger partial charge in [-0.15, -0.1) is 0 Å². The Bertz CT molecular complexity index is 303. The quantitative estimate of drug-likeness (QED) is 0.459. The molecule has 0 N–H and O–H groups in total. The van der Waals surface area contributed by atoms with Crippen LogP contribution >= 0.6 is 0 Å². The third-order valence-corrected chi connectivity index (χ3v) is 1.78. The summed E-state index contributed by atoms with van der Waals surface area (Å²) in [6.07, 6.45) is 1.66. The van der Waals surface area contributed by atoms with Gasteiger partial charge in [-0.3, -0.25) is 0 Å². The Morgan fingerprint density at radius 3 is 2.42 bits per heavy atom. The van der Waals surface area contributed by atoms with Crippen molar-refractivity contribution in [2.75, 3.05) is 0 Å². The van der Waals surface area contributed by atoms with Gasteiger partial charge < -0.3 is 4.85 Å². The predicted octanol–water partition coefficient (Wildman–Crippen LogP) is 3.14. The van der Waals surface area contributed by atoms with Crippen molar-refractivity contribution < 1.29 is 0 Å². The smallest absolute Gasteiger partial charge is 0.266 e. The summed E-state index contributed by atoms with van der Waals surface area (Å²) in [6, 6.07) is 7.78. The molecule has 0 heterocycles. The number of hydrogen-bond acceptors (Lipinski definition) is 0. The highest BCUT2D eigenvalue weighted by Crippen LogP contribution is 2.18. The molecule has 0 aliphatic heterocycles. The Morgan fingerprint density at radius 1 is 1.42 bits per heavy atom. The summed E-state index contributed by atoms with van der Waals surface area (Å²) in [5.41, 5.74) is 2.23. The van der Waals surface area contributed by atoms with Crippen LogP contribution < -0.4 is 0 Å². The normalized spacial score (nSPS) is 11.7. The van der Waals surface area contributed by atoms with Crippen molar-refractivity contribution in [3.05, 3.63) is 59.5 Å². The minimum absolute atomic E-state index is 0.189. The zero-order chi connectivity index (χ0) is 8.97. The van der Waals surface area contributed by atoms with E-state index in [1.54, 1.807) is 6.08 Å². The highest BCUT2D eigenvalue weighted by atomic mass is 14.7. The van der Waals surface area contributed by atoms with Gasteiger partial charge in [0.05, 0.1) is 0 Å². The molecule has 1 atom stereocenters. The molecule has 1 nitrogen and oxygen atoms in total. The zero-order valence-electron chi connectivity index (χ0n) is 7.12. The average molecular weight is 157 g/mol. The van der Waals surface area contributed by atoms with Crippen molar-refractivity contribution >= 4 is 0 Å². The fourth-order valence-electron chi connectivity index (χ4n) is 1.03. The lowest BCUT2D eigenvalue weighted by Crippen LogP contribution is -1.87. The fraction of sp³-hybridized carbons (Fsp3) is 0.182. The molecule has 12 heavy (non-hydrogen) atoms. The van der Waals surface area contributed by atoms with Gasteiger partial charge in [0.15, 0.2) is 0 Å². The van der Waals surface area contributed by atoms with E-state index < -0.39 is 0 Å². The molecule has 0 spiro atoms. The molecule has 1 aromatic rings. The molecule has 0 radical (unpaired) electrons. The maximum atomic E-state index is 6.90. The number of benzene rings is 1. The standard InChI is InChI=1S/C11H11N/c1-4-11(12-3)10-7-5-9(2)6-8-10/h4-8,11H,1H2,2H3. The van der Waals surface area contributed by atoms with E-state index in [9.17, 15) is 0 Å². The largest absolute Gasteiger partial charge is 0.304 e. The lowest BCUT2D eigenvalue weighted by Gasteiger charge is -1.99. The molecule has 60 valence electrons. The minimum atomic E-state index is -0.189. The molecular weight excluding hydrogens is 146 g/mol. The van der Waals surface area contributed by atoms with Gasteiger partial charge in [0.1, 0.15) is 0 Å². The first kappa shape index (κ1) is 8.55. The Hall–Kier alpha value is -1.55. The number of rotatable bonds is 2. The summed E-state index contributed by atoms with van der Waals surface area (Å²) in [4.78, 5) is 3.44. The second-order valence-electron chi connectivity index (χ2n) is 2.72. The van der Waals surface area contributed by atoms with E-state index >= 15 is 0 Å². The third-order valence-electron chi connectivity index (χ3n) is 1.78. The van der Waals surface area contributed by atoms with Crippen molar-refractivity contribution in [3.63, 3.8) is 0 Å². The van der Waals surface area contributed by atoms with E-state index in [1.807, 2.05) is 31.2 Å². The highest BCUT2D eigenvalue weighted by Gasteiger charge is 2.08. The van der Waals surface area contributed by atoms with E-state index in [0.717, 1.165) is 5.56 Å². The van der Waals surface area contributed by atoms with Gasteiger partial charge >= 0.3 is 0 Å². The summed E-state index contributed by atoms with van der Waals surface area (Å²) in [7, 11) is 0. The molecule has 1 heteroatoms. The summed E-state index contributed by atoms with van der Waals surface area (Å²) < 4.78 is 0. The maximum Gasteiger partial charge on any atom is 0.266 e. The van der Waals surface area contributed by atoms with Crippen LogP contribution in [0.3, 0.4) is 0 Å². The van der Waals surface area contributed by atoms with Crippen LogP contribution in [0, 0.1) is 13.5 Å². The average Bonchev–Trinajstić information content (AvgIpc) is 2.10. The SMILES string of the molecule is [C-]#[N+]C(C=C)c1ccc(C)cc1. The summed E-state index contributed by atoms with van der Waals surface area (Å²) in [5.74, 6) is 0. The van der Waals surface area contributed by atoms with E-state index in [4.69, 9.17) is 6.57 Å². The molecule has 1 aromatic carbocycles. The Balaban J connectivity index is 2.97. The number of nitrogens with zero attached hydrogens (tertiary/aromatic N) is 1. The van der Waals surface area contributed by atoms with E-state index in [0.29, 0.717) is 0 Å². The van der Waals surface area contributed by atoms with Gasteiger partial charge in [-0.2, -0.15) is 0 Å². The Morgan fingerprint density at radius 2 is 2.00 bits per heavy atom. The minimum Gasteiger partial charge on any atom is -0.304 e. The first-order valence-corrected chi connectivity index (χ1v) is 3.83. The fourth-order valence-corrected chi connectivity index (χ4v) is 1.03. The van der Waals surface area contributed by atoms with E-state index in [1.165, 1.54) is 5.56 Å². The van der Waals surface area contributed by atoms with Gasteiger partial charge in [0.25, 0.3) is 6.04 Å². The molecule has 0 aromatic heterocycles. The highest BCUT2D eigenvalue weighted by molar-refractivity contribution is 5.28. The molecule has 1 unspecified atom stereocenters.